The summed E-state index contributed by atoms with van der Waals surface area (Å²) in [5, 5.41) is 16.6. The summed E-state index contributed by atoms with van der Waals surface area (Å²) in [6.07, 6.45) is -0.434. The summed E-state index contributed by atoms with van der Waals surface area (Å²) < 4.78 is 46.9. The van der Waals surface area contributed by atoms with Crippen LogP contribution in [0.3, 0.4) is 0 Å². The van der Waals surface area contributed by atoms with E-state index in [4.69, 9.17) is 9.52 Å². The van der Waals surface area contributed by atoms with Crippen molar-refractivity contribution >= 4 is 5.97 Å². The van der Waals surface area contributed by atoms with Crippen molar-refractivity contribution in [2.45, 2.75) is 19.3 Å². The van der Waals surface area contributed by atoms with Gasteiger partial charge in [0.2, 0.25) is 11.8 Å². The molecule has 5 nitrogen and oxygen atoms in total. The van der Waals surface area contributed by atoms with E-state index >= 15 is 0 Å². The third-order valence-corrected chi connectivity index (χ3v) is 3.78. The number of rotatable bonds is 5. The summed E-state index contributed by atoms with van der Waals surface area (Å²) in [5.41, 5.74) is 0.139. The monoisotopic (exact) mass is 362 g/mol. The highest BCUT2D eigenvalue weighted by molar-refractivity contribution is 5.70. The smallest absolute Gasteiger partial charge is 0.304 e. The van der Waals surface area contributed by atoms with Crippen molar-refractivity contribution in [3.63, 3.8) is 0 Å². The van der Waals surface area contributed by atoms with Gasteiger partial charge in [0.1, 0.15) is 17.5 Å². The van der Waals surface area contributed by atoms with Crippen molar-refractivity contribution in [1.29, 1.82) is 0 Å². The van der Waals surface area contributed by atoms with Crippen molar-refractivity contribution in [3.8, 4) is 11.1 Å². The van der Waals surface area contributed by atoms with Crippen LogP contribution in [-0.2, 0) is 4.79 Å². The van der Waals surface area contributed by atoms with Gasteiger partial charge in [0.15, 0.2) is 0 Å². The first-order valence-electron chi connectivity index (χ1n) is 7.61. The highest BCUT2D eigenvalue weighted by atomic mass is 19.1. The molecule has 1 heterocycles. The van der Waals surface area contributed by atoms with Gasteiger partial charge >= 0.3 is 5.97 Å². The summed E-state index contributed by atoms with van der Waals surface area (Å²) in [4.78, 5) is 11.2. The number of carboxylic acids is 1. The van der Waals surface area contributed by atoms with Crippen LogP contribution >= 0.6 is 0 Å². The second kappa shape index (κ2) is 6.99. The summed E-state index contributed by atoms with van der Waals surface area (Å²) >= 11 is 0. The molecule has 1 N–H and O–H groups in total. The Morgan fingerprint density at radius 2 is 1.88 bits per heavy atom. The molecule has 0 saturated carbocycles. The lowest BCUT2D eigenvalue weighted by atomic mass is 9.92. The molecular weight excluding hydrogens is 349 g/mol. The molecular formula is C18H13F3N2O3. The van der Waals surface area contributed by atoms with Gasteiger partial charge < -0.3 is 9.52 Å². The predicted molar refractivity (Wildman–Crippen MR) is 84.9 cm³/mol. The summed E-state index contributed by atoms with van der Waals surface area (Å²) in [6.45, 7) is 1.54. The molecule has 134 valence electrons. The number of aliphatic carboxylic acids is 1. The lowest BCUT2D eigenvalue weighted by Crippen LogP contribution is -2.09. The minimum absolute atomic E-state index is 0.00108. The minimum atomic E-state index is -1.16. The van der Waals surface area contributed by atoms with E-state index in [0.29, 0.717) is 0 Å². The second-order valence-corrected chi connectivity index (χ2v) is 5.71. The third kappa shape index (κ3) is 3.74. The van der Waals surface area contributed by atoms with Crippen LogP contribution in [0.4, 0.5) is 13.2 Å². The van der Waals surface area contributed by atoms with E-state index in [0.717, 1.165) is 30.3 Å². The Hall–Kier alpha value is -3.16. The number of hydrogen-bond donors (Lipinski definition) is 1. The maximum absolute atomic E-state index is 14.1. The van der Waals surface area contributed by atoms with Gasteiger partial charge in [-0.05, 0) is 41.5 Å². The Labute approximate surface area is 146 Å². The zero-order chi connectivity index (χ0) is 18.8. The number of aryl methyl sites for hydroxylation is 1. The van der Waals surface area contributed by atoms with Crippen LogP contribution < -0.4 is 0 Å². The van der Waals surface area contributed by atoms with Crippen LogP contribution in [0, 0.1) is 24.4 Å². The molecule has 1 aromatic heterocycles. The molecule has 0 radical (unpaired) electrons. The average molecular weight is 362 g/mol. The van der Waals surface area contributed by atoms with Gasteiger partial charge in [0.25, 0.3) is 0 Å². The first-order valence-corrected chi connectivity index (χ1v) is 7.61. The molecule has 1 atom stereocenters. The molecule has 0 fully saturated rings. The maximum Gasteiger partial charge on any atom is 0.304 e. The Bertz CT molecular complexity index is 972. The van der Waals surface area contributed by atoms with E-state index in [9.17, 15) is 18.0 Å². The van der Waals surface area contributed by atoms with Gasteiger partial charge in [-0.25, -0.2) is 13.2 Å². The fraction of sp³-hybridized carbons (Fsp3) is 0.167. The van der Waals surface area contributed by atoms with Crippen molar-refractivity contribution in [3.05, 3.63) is 71.2 Å². The average Bonchev–Trinajstić information content (AvgIpc) is 3.00. The van der Waals surface area contributed by atoms with Gasteiger partial charge in [0.05, 0.1) is 12.3 Å². The fourth-order valence-electron chi connectivity index (χ4n) is 2.66. The zero-order valence-corrected chi connectivity index (χ0v) is 13.5. The number of hydrogen-bond acceptors (Lipinski definition) is 4. The largest absolute Gasteiger partial charge is 0.481 e. The molecule has 0 amide bonds. The van der Waals surface area contributed by atoms with Crippen LogP contribution in [0.2, 0.25) is 0 Å². The quantitative estimate of drug-likeness (QED) is 0.740. The van der Waals surface area contributed by atoms with Crippen molar-refractivity contribution in [2.75, 3.05) is 0 Å². The van der Waals surface area contributed by atoms with E-state index in [2.05, 4.69) is 10.2 Å². The molecule has 3 rings (SSSR count). The summed E-state index contributed by atoms with van der Waals surface area (Å²) in [7, 11) is 0. The number of benzene rings is 2. The molecule has 1 unspecified atom stereocenters. The van der Waals surface area contributed by atoms with E-state index in [1.54, 1.807) is 0 Å². The highest BCUT2D eigenvalue weighted by Gasteiger charge is 2.25. The molecule has 26 heavy (non-hydrogen) atoms. The topological polar surface area (TPSA) is 76.2 Å². The van der Waals surface area contributed by atoms with Crippen LogP contribution in [-0.4, -0.2) is 21.3 Å². The predicted octanol–water partition coefficient (Wildman–Crippen LogP) is 4.07. The molecule has 0 aliphatic carbocycles. The first-order chi connectivity index (χ1) is 12.3. The third-order valence-electron chi connectivity index (χ3n) is 3.78. The molecule has 2 aromatic carbocycles. The van der Waals surface area contributed by atoms with Crippen molar-refractivity contribution in [2.24, 2.45) is 0 Å². The molecule has 8 heteroatoms. The standard InChI is InChI=1S/C18H13F3N2O3/c1-9-22-23-18(26-9)15(8-17(24)25)11-4-10(5-13(20)6-11)14-7-12(19)2-3-16(14)21/h2-7,15H,8H2,1H3,(H,24,25). The first kappa shape index (κ1) is 17.7. The van der Waals surface area contributed by atoms with E-state index < -0.39 is 35.8 Å². The van der Waals surface area contributed by atoms with Crippen LogP contribution in [0.5, 0.6) is 0 Å². The normalized spacial score (nSPS) is 12.2. The Kier molecular flexibility index (Phi) is 4.75. The minimum Gasteiger partial charge on any atom is -0.481 e. The van der Waals surface area contributed by atoms with Crippen LogP contribution in [0.25, 0.3) is 11.1 Å². The van der Waals surface area contributed by atoms with Gasteiger partial charge in [-0.3, -0.25) is 4.79 Å². The number of carboxylic acid groups (broad SMARTS) is 1. The molecule has 3 aromatic rings. The number of halogens is 3. The number of nitrogens with zero attached hydrogens (tertiary/aromatic N) is 2. The van der Waals surface area contributed by atoms with Crippen LogP contribution in [0.15, 0.2) is 40.8 Å². The molecule has 0 bridgehead atoms. The fourth-order valence-corrected chi connectivity index (χ4v) is 2.66. The highest BCUT2D eigenvalue weighted by Crippen LogP contribution is 2.32. The van der Waals surface area contributed by atoms with Crippen molar-refractivity contribution in [1.82, 2.24) is 10.2 Å². The lowest BCUT2D eigenvalue weighted by molar-refractivity contribution is -0.137. The van der Waals surface area contributed by atoms with Crippen molar-refractivity contribution < 1.29 is 27.5 Å². The molecule has 0 aliphatic rings. The summed E-state index contributed by atoms with van der Waals surface area (Å²) in [5.74, 6) is -4.00. The summed E-state index contributed by atoms with van der Waals surface area (Å²) in [6, 6.07) is 6.36. The molecule has 0 saturated heterocycles. The Morgan fingerprint density at radius 1 is 1.12 bits per heavy atom. The maximum atomic E-state index is 14.1. The number of aromatic nitrogens is 2. The van der Waals surface area contributed by atoms with E-state index in [1.807, 2.05) is 0 Å². The van der Waals surface area contributed by atoms with Gasteiger partial charge in [-0.15, -0.1) is 10.2 Å². The van der Waals surface area contributed by atoms with Gasteiger partial charge in [0, 0.05) is 12.5 Å². The Balaban J connectivity index is 2.12. The lowest BCUT2D eigenvalue weighted by Gasteiger charge is -2.14. The van der Waals surface area contributed by atoms with E-state index in [-0.39, 0.29) is 28.5 Å². The second-order valence-electron chi connectivity index (χ2n) is 5.71. The molecule has 0 aliphatic heterocycles. The van der Waals surface area contributed by atoms with E-state index in [1.165, 1.54) is 13.0 Å². The number of carbonyl (C=O) groups is 1. The zero-order valence-electron chi connectivity index (χ0n) is 13.5. The van der Waals surface area contributed by atoms with Gasteiger partial charge in [-0.1, -0.05) is 6.07 Å². The van der Waals surface area contributed by atoms with Crippen LogP contribution in [0.1, 0.15) is 29.7 Å². The van der Waals surface area contributed by atoms with Gasteiger partial charge in [-0.2, -0.15) is 0 Å². The Morgan fingerprint density at radius 3 is 2.54 bits per heavy atom. The molecule has 0 spiro atoms. The SMILES string of the molecule is Cc1nnc(C(CC(=O)O)c2cc(F)cc(-c3cc(F)ccc3F)c2)o1.